The minimum Gasteiger partial charge on any atom is -0.434 e. The molecule has 2 aliphatic rings. The van der Waals surface area contributed by atoms with Crippen LogP contribution < -0.4 is 10.5 Å². The normalized spacial score (nSPS) is 19.4. The van der Waals surface area contributed by atoms with Crippen LogP contribution in [0.2, 0.25) is 5.02 Å². The zero-order valence-corrected chi connectivity index (χ0v) is 30.1. The molecule has 2 aromatic carbocycles. The third kappa shape index (κ3) is 10.6. The summed E-state index contributed by atoms with van der Waals surface area (Å²) >= 11 is 6.05. The van der Waals surface area contributed by atoms with Crippen LogP contribution in [0.4, 0.5) is 0 Å². The van der Waals surface area contributed by atoms with E-state index in [-0.39, 0.29) is 49.9 Å². The van der Waals surface area contributed by atoms with Crippen molar-refractivity contribution >= 4 is 50.2 Å². The molecule has 13 heteroatoms. The van der Waals surface area contributed by atoms with Crippen LogP contribution in [0.3, 0.4) is 0 Å². The Hall–Kier alpha value is -3.42. The second-order valence-corrected chi connectivity index (χ2v) is 15.6. The van der Waals surface area contributed by atoms with Crippen LogP contribution in [-0.2, 0) is 31.0 Å². The Bertz CT molecular complexity index is 1730. The van der Waals surface area contributed by atoms with E-state index >= 15 is 0 Å². The van der Waals surface area contributed by atoms with Gasteiger partial charge in [-0.3, -0.25) is 14.4 Å². The monoisotopic (exact) mass is 726 g/mol. The number of ether oxygens (including phenoxy) is 1. The van der Waals surface area contributed by atoms with E-state index in [1.807, 2.05) is 18.2 Å². The molecule has 3 aromatic rings. The highest BCUT2D eigenvalue weighted by Gasteiger charge is 2.43. The number of halogens is 1. The Labute approximate surface area is 299 Å². The lowest BCUT2D eigenvalue weighted by Gasteiger charge is -2.29. The zero-order chi connectivity index (χ0) is 35.7. The summed E-state index contributed by atoms with van der Waals surface area (Å²) in [7, 11) is -3.76. The lowest BCUT2D eigenvalue weighted by molar-refractivity contribution is -0.139. The van der Waals surface area contributed by atoms with E-state index in [0.717, 1.165) is 43.9 Å². The number of hydrogen-bond acceptors (Lipinski definition) is 9. The van der Waals surface area contributed by atoms with Crippen molar-refractivity contribution in [3.05, 3.63) is 76.7 Å². The number of carbonyl (C=O) groups is 3. The van der Waals surface area contributed by atoms with Crippen LogP contribution in [0.15, 0.2) is 64.6 Å². The fourth-order valence-corrected chi connectivity index (χ4v) is 7.65. The van der Waals surface area contributed by atoms with Gasteiger partial charge in [-0.1, -0.05) is 60.4 Å². The second-order valence-electron chi connectivity index (χ2n) is 13.4. The van der Waals surface area contributed by atoms with Crippen molar-refractivity contribution in [1.82, 2.24) is 14.6 Å². The van der Waals surface area contributed by atoms with Gasteiger partial charge < -0.3 is 19.8 Å². The number of aromatic nitrogens is 1. The molecule has 50 heavy (non-hydrogen) atoms. The number of nitrogens with zero attached hydrogens (tertiary/aromatic N) is 2. The third-order valence-corrected chi connectivity index (χ3v) is 10.4. The maximum Gasteiger partial charge on any atom is 0.264 e. The molecule has 1 aliphatic heterocycles. The third-order valence-electron chi connectivity index (χ3n) is 9.44. The van der Waals surface area contributed by atoms with Crippen LogP contribution >= 0.6 is 11.6 Å². The molecular formula is C37H47ClN4O7S. The van der Waals surface area contributed by atoms with Gasteiger partial charge >= 0.3 is 0 Å². The number of likely N-dealkylation sites (tertiary alicyclic amines) is 1. The molecule has 1 saturated heterocycles. The second kappa shape index (κ2) is 17.7. The minimum absolute atomic E-state index is 0.0616. The average Bonchev–Trinajstić information content (AvgIpc) is 3.74. The number of benzene rings is 2. The molecule has 0 spiro atoms. The molecule has 4 atom stereocenters. The largest absolute Gasteiger partial charge is 0.434 e. The summed E-state index contributed by atoms with van der Waals surface area (Å²) in [4.78, 5) is 48.1. The smallest absolute Gasteiger partial charge is 0.264 e. The molecule has 1 saturated carbocycles. The highest BCUT2D eigenvalue weighted by molar-refractivity contribution is 7.88. The molecule has 2 heterocycles. The van der Waals surface area contributed by atoms with Crippen molar-refractivity contribution < 1.29 is 32.0 Å². The van der Waals surface area contributed by atoms with E-state index in [2.05, 4.69) is 9.71 Å². The highest BCUT2D eigenvalue weighted by atomic mass is 35.5. The van der Waals surface area contributed by atoms with Crippen LogP contribution in [0.25, 0.3) is 11.1 Å². The standard InChI is InChI=1S/C37H47ClN4O7S/c1-50(46,47)41-31(19-16-25-9-3-2-4-10-25)37(45)42-23-29(48-24-26-14-17-28(38)18-15-26)22-32(42)33(43)21-27(11-7-8-20-39)35(44)36-40-30-12-5-6-13-34(30)49-36/h5-6,12-18,27,29,31-32,41H,2-4,7-11,19-24,39H2,1H3/t27-,29-,31-,32+/m1/s1. The van der Waals surface area contributed by atoms with Crippen LogP contribution in [0.1, 0.15) is 86.9 Å². The van der Waals surface area contributed by atoms with E-state index in [9.17, 15) is 22.8 Å². The lowest BCUT2D eigenvalue weighted by Crippen LogP contribution is -2.51. The number of fused-ring (bicyclic) bond motifs is 1. The first-order valence-electron chi connectivity index (χ1n) is 17.4. The van der Waals surface area contributed by atoms with E-state index < -0.39 is 40.0 Å². The van der Waals surface area contributed by atoms with Crippen LogP contribution in [0.5, 0.6) is 0 Å². The number of sulfonamides is 1. The molecule has 1 aliphatic carbocycles. The minimum atomic E-state index is -3.76. The van der Waals surface area contributed by atoms with Crippen LogP contribution in [-0.4, -0.2) is 73.3 Å². The van der Waals surface area contributed by atoms with Crippen molar-refractivity contribution in [3.8, 4) is 0 Å². The Kier molecular flexibility index (Phi) is 13.4. The van der Waals surface area contributed by atoms with Gasteiger partial charge in [0.1, 0.15) is 11.6 Å². The predicted molar refractivity (Wildman–Crippen MR) is 192 cm³/mol. The number of para-hydroxylation sites is 2. The van der Waals surface area contributed by atoms with Crippen molar-refractivity contribution in [2.24, 2.45) is 11.7 Å². The molecule has 270 valence electrons. The van der Waals surface area contributed by atoms with Crippen molar-refractivity contribution in [3.63, 3.8) is 0 Å². The van der Waals surface area contributed by atoms with Gasteiger partial charge in [-0.25, -0.2) is 18.1 Å². The fraction of sp³-hybridized carbons (Fsp3) is 0.514. The highest BCUT2D eigenvalue weighted by Crippen LogP contribution is 2.30. The number of carbonyl (C=O) groups excluding carboxylic acids is 3. The number of hydrogen-bond donors (Lipinski definition) is 2. The number of oxazole rings is 1. The zero-order valence-electron chi connectivity index (χ0n) is 28.5. The van der Waals surface area contributed by atoms with Gasteiger partial charge in [0, 0.05) is 30.3 Å². The van der Waals surface area contributed by atoms with Gasteiger partial charge in [-0.05, 0) is 81.3 Å². The molecule has 1 aromatic heterocycles. The van der Waals surface area contributed by atoms with Crippen molar-refractivity contribution in [2.75, 3.05) is 19.3 Å². The number of allylic oxidation sites excluding steroid dienone is 1. The molecule has 0 bridgehead atoms. The first-order valence-corrected chi connectivity index (χ1v) is 19.7. The van der Waals surface area contributed by atoms with Crippen molar-refractivity contribution in [2.45, 2.75) is 95.4 Å². The number of ketones is 2. The number of Topliss-reactive ketones (excluding diaryl/α,β-unsaturated/α-hetero) is 2. The summed E-state index contributed by atoms with van der Waals surface area (Å²) < 4.78 is 39.4. The topological polar surface area (TPSA) is 162 Å². The number of rotatable bonds is 17. The lowest BCUT2D eigenvalue weighted by atomic mass is 9.89. The summed E-state index contributed by atoms with van der Waals surface area (Å²) in [6, 6.07) is 12.3. The number of unbranched alkanes of at least 4 members (excludes halogenated alkanes) is 1. The van der Waals surface area contributed by atoms with E-state index in [4.69, 9.17) is 26.5 Å². The van der Waals surface area contributed by atoms with E-state index in [1.54, 1.807) is 36.4 Å². The number of nitrogens with two attached hydrogens (primary N) is 1. The van der Waals surface area contributed by atoms with Gasteiger partial charge in [0.25, 0.3) is 5.89 Å². The number of amides is 1. The Balaban J connectivity index is 1.39. The van der Waals surface area contributed by atoms with Gasteiger partial charge in [-0.15, -0.1) is 0 Å². The first kappa shape index (κ1) is 37.8. The molecular weight excluding hydrogens is 680 g/mol. The molecule has 0 radical (unpaired) electrons. The summed E-state index contributed by atoms with van der Waals surface area (Å²) in [6.45, 7) is 0.776. The molecule has 1 amide bonds. The van der Waals surface area contributed by atoms with Gasteiger partial charge in [0.05, 0.1) is 25.0 Å². The first-order chi connectivity index (χ1) is 24.0. The molecule has 0 unspecified atom stereocenters. The van der Waals surface area contributed by atoms with Gasteiger partial charge in [0.2, 0.25) is 21.7 Å². The summed E-state index contributed by atoms with van der Waals surface area (Å²) in [6.07, 6.45) is 9.54. The Morgan fingerprint density at radius 3 is 2.54 bits per heavy atom. The summed E-state index contributed by atoms with van der Waals surface area (Å²) in [5, 5.41) is 0.595. The van der Waals surface area contributed by atoms with Crippen molar-refractivity contribution in [1.29, 1.82) is 0 Å². The number of nitrogens with one attached hydrogen (secondary N) is 1. The summed E-state index contributed by atoms with van der Waals surface area (Å²) in [5.74, 6) is -1.98. The van der Waals surface area contributed by atoms with Gasteiger partial charge in [0.15, 0.2) is 11.4 Å². The summed E-state index contributed by atoms with van der Waals surface area (Å²) in [5.41, 5.74) is 8.85. The quantitative estimate of drug-likeness (QED) is 0.100. The average molecular weight is 727 g/mol. The van der Waals surface area contributed by atoms with Crippen LogP contribution in [0, 0.1) is 5.92 Å². The van der Waals surface area contributed by atoms with E-state index in [0.29, 0.717) is 41.9 Å². The Morgan fingerprint density at radius 2 is 1.84 bits per heavy atom. The molecule has 2 fully saturated rings. The Morgan fingerprint density at radius 1 is 1.10 bits per heavy atom. The predicted octanol–water partition coefficient (Wildman–Crippen LogP) is 5.75. The SMILES string of the molecule is CS(=O)(=O)N[C@H](CC=C1CCCCC1)C(=O)N1C[C@H](OCc2ccc(Cl)cc2)C[C@H]1C(=O)C[C@@H](CCCCN)C(=O)c1nc2ccccc2o1. The van der Waals surface area contributed by atoms with E-state index in [1.165, 1.54) is 10.5 Å². The molecule has 5 rings (SSSR count). The maximum absolute atomic E-state index is 14.3. The van der Waals surface area contributed by atoms with Gasteiger partial charge in [-0.2, -0.15) is 0 Å². The molecule has 11 nitrogen and oxygen atoms in total. The fourth-order valence-electron chi connectivity index (χ4n) is 6.81. The molecule has 3 N–H and O–H groups in total. The maximum atomic E-state index is 14.3.